The second-order valence-electron chi connectivity index (χ2n) is 7.66. The number of ether oxygens (including phenoxy) is 2. The molecular formula is C23H31F5O4. The van der Waals surface area contributed by atoms with Crippen molar-refractivity contribution < 1.29 is 41.0 Å². The highest BCUT2D eigenvalue weighted by Crippen LogP contribution is 2.29. The SMILES string of the molecule is CCCCCCCCCCCOC(=O)CCC(=O)OC(C)c1c(F)c(F)c(F)c(F)c1F. The van der Waals surface area contributed by atoms with Crippen LogP contribution in [0.2, 0.25) is 0 Å². The van der Waals surface area contributed by atoms with E-state index in [9.17, 15) is 31.5 Å². The zero-order valence-electron chi connectivity index (χ0n) is 18.6. The van der Waals surface area contributed by atoms with Crippen molar-refractivity contribution in [3.8, 4) is 0 Å². The highest BCUT2D eigenvalue weighted by molar-refractivity contribution is 5.77. The van der Waals surface area contributed by atoms with E-state index in [4.69, 9.17) is 9.47 Å². The molecule has 1 atom stereocenters. The molecule has 1 rings (SSSR count). The highest BCUT2D eigenvalue weighted by atomic mass is 19.2. The zero-order valence-corrected chi connectivity index (χ0v) is 18.6. The van der Waals surface area contributed by atoms with Crippen molar-refractivity contribution in [2.24, 2.45) is 0 Å². The van der Waals surface area contributed by atoms with Gasteiger partial charge in [-0.2, -0.15) is 0 Å². The molecule has 0 aliphatic rings. The van der Waals surface area contributed by atoms with Gasteiger partial charge in [-0.15, -0.1) is 0 Å². The lowest BCUT2D eigenvalue weighted by atomic mass is 10.1. The molecule has 1 unspecified atom stereocenters. The molecule has 32 heavy (non-hydrogen) atoms. The first-order valence-electron chi connectivity index (χ1n) is 11.1. The van der Waals surface area contributed by atoms with E-state index in [1.165, 1.54) is 32.1 Å². The molecule has 0 fully saturated rings. The van der Waals surface area contributed by atoms with Gasteiger partial charge >= 0.3 is 11.9 Å². The normalized spacial score (nSPS) is 12.0. The van der Waals surface area contributed by atoms with Crippen LogP contribution in [0.4, 0.5) is 22.0 Å². The predicted molar refractivity (Wildman–Crippen MR) is 108 cm³/mol. The number of benzene rings is 1. The fourth-order valence-corrected chi connectivity index (χ4v) is 3.17. The number of carbonyl (C=O) groups excluding carboxylic acids is 2. The zero-order chi connectivity index (χ0) is 24.1. The summed E-state index contributed by atoms with van der Waals surface area (Å²) in [6.07, 6.45) is 7.53. The van der Waals surface area contributed by atoms with Crippen LogP contribution in [0.3, 0.4) is 0 Å². The van der Waals surface area contributed by atoms with Crippen molar-refractivity contribution >= 4 is 11.9 Å². The third-order valence-electron chi connectivity index (χ3n) is 5.00. The summed E-state index contributed by atoms with van der Waals surface area (Å²) < 4.78 is 76.9. The summed E-state index contributed by atoms with van der Waals surface area (Å²) in [5, 5.41) is 0. The molecule has 1 aromatic carbocycles. The maximum atomic E-state index is 13.8. The van der Waals surface area contributed by atoms with Crippen LogP contribution in [0.25, 0.3) is 0 Å². The quantitative estimate of drug-likeness (QED) is 0.0934. The van der Waals surface area contributed by atoms with Crippen molar-refractivity contribution in [3.63, 3.8) is 0 Å². The minimum absolute atomic E-state index is 0.227. The molecule has 0 aromatic heterocycles. The van der Waals surface area contributed by atoms with E-state index in [0.717, 1.165) is 26.2 Å². The molecule has 0 saturated carbocycles. The van der Waals surface area contributed by atoms with Gasteiger partial charge in [-0.1, -0.05) is 58.3 Å². The maximum Gasteiger partial charge on any atom is 0.306 e. The molecule has 0 amide bonds. The van der Waals surface area contributed by atoms with Gasteiger partial charge in [0.1, 0.15) is 6.10 Å². The topological polar surface area (TPSA) is 52.6 Å². The Morgan fingerprint density at radius 3 is 1.66 bits per heavy atom. The molecule has 0 bridgehead atoms. The fraction of sp³-hybridized carbons (Fsp3) is 0.652. The molecule has 0 aliphatic carbocycles. The summed E-state index contributed by atoms with van der Waals surface area (Å²) in [7, 11) is 0. The number of halogens is 5. The third-order valence-corrected chi connectivity index (χ3v) is 5.00. The van der Waals surface area contributed by atoms with Crippen LogP contribution in [-0.2, 0) is 19.1 Å². The van der Waals surface area contributed by atoms with E-state index in [-0.39, 0.29) is 13.0 Å². The Kier molecular flexibility index (Phi) is 12.9. The van der Waals surface area contributed by atoms with Gasteiger partial charge in [-0.3, -0.25) is 9.59 Å². The number of rotatable bonds is 15. The first-order valence-corrected chi connectivity index (χ1v) is 11.1. The largest absolute Gasteiger partial charge is 0.466 e. The summed E-state index contributed by atoms with van der Waals surface area (Å²) in [4.78, 5) is 23.5. The van der Waals surface area contributed by atoms with E-state index in [0.29, 0.717) is 6.42 Å². The average molecular weight is 466 g/mol. The van der Waals surface area contributed by atoms with Crippen molar-refractivity contribution in [1.29, 1.82) is 0 Å². The number of unbranched alkanes of at least 4 members (excludes halogenated alkanes) is 8. The number of carbonyl (C=O) groups is 2. The Hall–Kier alpha value is -2.19. The minimum Gasteiger partial charge on any atom is -0.466 e. The third kappa shape index (κ3) is 9.12. The van der Waals surface area contributed by atoms with Crippen LogP contribution in [-0.4, -0.2) is 18.5 Å². The highest BCUT2D eigenvalue weighted by Gasteiger charge is 2.30. The molecule has 0 N–H and O–H groups in total. The minimum atomic E-state index is -2.29. The summed E-state index contributed by atoms with van der Waals surface area (Å²) in [5.41, 5.74) is -1.25. The lowest BCUT2D eigenvalue weighted by Gasteiger charge is -2.16. The number of esters is 2. The molecule has 0 aliphatic heterocycles. The van der Waals surface area contributed by atoms with Gasteiger partial charge in [0.25, 0.3) is 0 Å². The summed E-state index contributed by atoms with van der Waals surface area (Å²) in [5.74, 6) is -12.3. The van der Waals surface area contributed by atoms with Gasteiger partial charge in [0.15, 0.2) is 23.3 Å². The summed E-state index contributed by atoms with van der Waals surface area (Å²) >= 11 is 0. The molecule has 9 heteroatoms. The first kappa shape index (κ1) is 27.8. The van der Waals surface area contributed by atoms with Gasteiger partial charge in [-0.05, 0) is 13.3 Å². The van der Waals surface area contributed by atoms with Gasteiger partial charge < -0.3 is 9.47 Å². The van der Waals surface area contributed by atoms with Crippen LogP contribution < -0.4 is 0 Å². The molecule has 4 nitrogen and oxygen atoms in total. The van der Waals surface area contributed by atoms with E-state index >= 15 is 0 Å². The van der Waals surface area contributed by atoms with E-state index in [2.05, 4.69) is 6.92 Å². The van der Waals surface area contributed by atoms with Crippen LogP contribution in [0.1, 0.15) is 96.1 Å². The van der Waals surface area contributed by atoms with E-state index < -0.39 is 59.1 Å². The lowest BCUT2D eigenvalue weighted by Crippen LogP contribution is -2.16. The molecule has 0 heterocycles. The summed E-state index contributed by atoms with van der Waals surface area (Å²) in [6, 6.07) is 0. The summed E-state index contributed by atoms with van der Waals surface area (Å²) in [6.45, 7) is 3.37. The van der Waals surface area contributed by atoms with Gasteiger partial charge in [-0.25, -0.2) is 22.0 Å². The standard InChI is InChI=1S/C23H31F5O4/c1-3-4-5-6-7-8-9-10-11-14-31-16(29)12-13-17(30)32-15(2)18-19(24)21(26)23(28)22(27)20(18)25/h15H,3-14H2,1-2H3. The number of hydrogen-bond acceptors (Lipinski definition) is 4. The van der Waals surface area contributed by atoms with Gasteiger partial charge in [0.2, 0.25) is 5.82 Å². The van der Waals surface area contributed by atoms with Crippen molar-refractivity contribution in [2.45, 2.75) is 90.6 Å². The van der Waals surface area contributed by atoms with Gasteiger partial charge in [0, 0.05) is 0 Å². The average Bonchev–Trinajstić information content (AvgIpc) is 2.76. The Labute approximate surface area is 185 Å². The van der Waals surface area contributed by atoms with Crippen molar-refractivity contribution in [1.82, 2.24) is 0 Å². The van der Waals surface area contributed by atoms with E-state index in [1.807, 2.05) is 0 Å². The monoisotopic (exact) mass is 466 g/mol. The molecular weight excluding hydrogens is 435 g/mol. The molecule has 0 radical (unpaired) electrons. The first-order chi connectivity index (χ1) is 15.2. The Morgan fingerprint density at radius 2 is 1.12 bits per heavy atom. The Bertz CT molecular complexity index is 725. The van der Waals surface area contributed by atoms with Crippen LogP contribution >= 0.6 is 0 Å². The molecule has 1 aromatic rings. The molecule has 182 valence electrons. The van der Waals surface area contributed by atoms with Crippen molar-refractivity contribution in [2.75, 3.05) is 6.61 Å². The number of hydrogen-bond donors (Lipinski definition) is 0. The fourth-order valence-electron chi connectivity index (χ4n) is 3.17. The molecule has 0 spiro atoms. The van der Waals surface area contributed by atoms with Crippen LogP contribution in [0.5, 0.6) is 0 Å². The van der Waals surface area contributed by atoms with Gasteiger partial charge in [0.05, 0.1) is 25.0 Å². The second kappa shape index (κ2) is 14.8. The molecule has 0 saturated heterocycles. The Morgan fingerprint density at radius 1 is 0.688 bits per heavy atom. The lowest BCUT2D eigenvalue weighted by molar-refractivity contribution is -0.153. The Balaban J connectivity index is 2.28. The van der Waals surface area contributed by atoms with Crippen molar-refractivity contribution in [3.05, 3.63) is 34.6 Å². The second-order valence-corrected chi connectivity index (χ2v) is 7.66. The smallest absolute Gasteiger partial charge is 0.306 e. The van der Waals surface area contributed by atoms with E-state index in [1.54, 1.807) is 0 Å². The maximum absolute atomic E-state index is 13.8. The predicted octanol–water partition coefficient (Wildman–Crippen LogP) is 6.84. The van der Waals surface area contributed by atoms with Crippen LogP contribution in [0, 0.1) is 29.1 Å². The van der Waals surface area contributed by atoms with Crippen LogP contribution in [0.15, 0.2) is 0 Å².